The molecule has 0 amide bonds. The van der Waals surface area contributed by atoms with E-state index in [1.165, 1.54) is 66.8 Å². The van der Waals surface area contributed by atoms with Crippen LogP contribution < -0.4 is 9.47 Å². The van der Waals surface area contributed by atoms with Crippen LogP contribution in [0.5, 0.6) is 0 Å². The quantitative estimate of drug-likeness (QED) is 0.229. The molecule has 2 heterocycles. The highest BCUT2D eigenvalue weighted by Crippen LogP contribution is 2.47. The number of thioether (sulfide) groups is 1. The van der Waals surface area contributed by atoms with Crippen LogP contribution in [0.1, 0.15) is 30.7 Å². The zero-order valence-electron chi connectivity index (χ0n) is 22.0. The van der Waals surface area contributed by atoms with Gasteiger partial charge in [-0.25, -0.2) is 0 Å². The van der Waals surface area contributed by atoms with Gasteiger partial charge in [-0.05, 0) is 84.7 Å². The van der Waals surface area contributed by atoms with Gasteiger partial charge in [0.1, 0.15) is 11.7 Å². The van der Waals surface area contributed by atoms with Gasteiger partial charge < -0.3 is 9.08 Å². The minimum absolute atomic E-state index is 0.660. The molecule has 6 rings (SSSR count). The number of fused-ring (bicyclic) bond motifs is 3. The molecule has 0 spiro atoms. The second-order valence-corrected chi connectivity index (χ2v) is 14.4. The van der Waals surface area contributed by atoms with Gasteiger partial charge in [-0.3, -0.25) is 4.21 Å². The molecule has 2 atom stereocenters. The molecule has 2 unspecified atom stereocenters. The van der Waals surface area contributed by atoms with Crippen LogP contribution in [0.15, 0.2) is 91.1 Å². The Morgan fingerprint density at radius 2 is 1.97 bits per heavy atom. The zero-order chi connectivity index (χ0) is 26.4. The molecule has 3 aromatic rings. The Hall–Kier alpha value is -2.10. The first kappa shape index (κ1) is 26.1. The molecule has 0 N–H and O–H groups in total. The van der Waals surface area contributed by atoms with Crippen LogP contribution in [0.2, 0.25) is 0 Å². The molecule has 4 nitrogen and oxygen atoms in total. The number of nitrogens with zero attached hydrogens (tertiary/aromatic N) is 2. The third kappa shape index (κ3) is 5.09. The molecule has 0 saturated heterocycles. The first-order chi connectivity index (χ1) is 18.4. The molecule has 1 aromatic heterocycles. The van der Waals surface area contributed by atoms with Crippen molar-refractivity contribution >= 4 is 67.9 Å². The first-order valence-electron chi connectivity index (χ1n) is 12.8. The van der Waals surface area contributed by atoms with Crippen LogP contribution in [0.25, 0.3) is 16.3 Å². The van der Waals surface area contributed by atoms with Crippen LogP contribution in [0, 0.1) is 5.92 Å². The van der Waals surface area contributed by atoms with E-state index in [2.05, 4.69) is 78.2 Å². The maximum Gasteiger partial charge on any atom is 0.262 e. The summed E-state index contributed by atoms with van der Waals surface area (Å²) in [6, 6.07) is 12.7. The van der Waals surface area contributed by atoms with Gasteiger partial charge in [0.15, 0.2) is 0 Å². The van der Waals surface area contributed by atoms with Crippen LogP contribution in [0.4, 0.5) is 5.69 Å². The largest absolute Gasteiger partial charge is 0.338 e. The summed E-state index contributed by atoms with van der Waals surface area (Å²) in [5.41, 5.74) is 6.67. The van der Waals surface area contributed by atoms with Gasteiger partial charge in [-0.2, -0.15) is 4.57 Å². The van der Waals surface area contributed by atoms with Crippen molar-refractivity contribution < 1.29 is 13.0 Å². The van der Waals surface area contributed by atoms with E-state index in [0.29, 0.717) is 5.92 Å². The van der Waals surface area contributed by atoms with Gasteiger partial charge in [-0.15, -0.1) is 0 Å². The van der Waals surface area contributed by atoms with Crippen molar-refractivity contribution in [3.8, 4) is 0 Å². The predicted molar refractivity (Wildman–Crippen MR) is 163 cm³/mol. The molecule has 38 heavy (non-hydrogen) atoms. The third-order valence-corrected chi connectivity index (χ3v) is 11.4. The molecule has 0 bridgehead atoms. The molecule has 8 heteroatoms. The lowest BCUT2D eigenvalue weighted by atomic mass is 9.77. The number of allylic oxidation sites excluding steroid dienone is 6. The Kier molecular flexibility index (Phi) is 7.44. The van der Waals surface area contributed by atoms with Crippen molar-refractivity contribution in [2.45, 2.75) is 40.4 Å². The maximum atomic E-state index is 12.0. The minimum atomic E-state index is -0.972. The highest BCUT2D eigenvalue weighted by Gasteiger charge is 2.26. The Balaban J connectivity index is 1.27. The average Bonchev–Trinajstić information content (AvgIpc) is 3.39. The predicted octanol–water partition coefficient (Wildman–Crippen LogP) is 7.64. The molecule has 1 aliphatic heterocycles. The summed E-state index contributed by atoms with van der Waals surface area (Å²) in [5, 5.41) is 2.51. The fraction of sp³-hybridized carbons (Fsp3) is 0.300. The SMILES string of the molecule is COSc1ccc2sc(C=C3C=C4C=C(/C=C5\Sc6ccc(S(C)=O)cc6N5C)CCC4CC3)[n+](C)c2c1. The second kappa shape index (κ2) is 10.8. The number of thiazole rings is 1. The third-order valence-electron chi connectivity index (χ3n) is 7.54. The maximum absolute atomic E-state index is 12.0. The summed E-state index contributed by atoms with van der Waals surface area (Å²) < 4.78 is 20.8. The Bertz CT molecular complexity index is 1580. The van der Waals surface area contributed by atoms with E-state index in [-0.39, 0.29) is 0 Å². The Labute approximate surface area is 239 Å². The van der Waals surface area contributed by atoms with Crippen molar-refractivity contribution in [1.29, 1.82) is 0 Å². The van der Waals surface area contributed by atoms with E-state index in [1.807, 2.05) is 17.4 Å². The summed E-state index contributed by atoms with van der Waals surface area (Å²) >= 11 is 5.05. The van der Waals surface area contributed by atoms with Crippen LogP contribution in [0.3, 0.4) is 0 Å². The lowest BCUT2D eigenvalue weighted by Crippen LogP contribution is -2.29. The molecule has 0 fully saturated rings. The standard InChI is InChI=1S/C30H31N2O2S4/c1-31-25-17-23(37-34-3)9-11-27(25)35-29(31)15-19-5-7-21-8-6-20(14-22(21)13-19)16-30-32(2)26-18-24(38(4)33)10-12-28(26)36-30/h9-18,21H,5-8H2,1-4H3/q+1. The minimum Gasteiger partial charge on any atom is -0.338 e. The van der Waals surface area contributed by atoms with Crippen LogP contribution in [-0.2, 0) is 22.0 Å². The van der Waals surface area contributed by atoms with E-state index in [0.717, 1.165) is 28.3 Å². The number of aromatic nitrogens is 1. The topological polar surface area (TPSA) is 33.4 Å². The first-order valence-corrected chi connectivity index (χ1v) is 16.7. The van der Waals surface area contributed by atoms with E-state index < -0.39 is 10.8 Å². The van der Waals surface area contributed by atoms with Crippen molar-refractivity contribution in [2.75, 3.05) is 25.3 Å². The summed E-state index contributed by atoms with van der Waals surface area (Å²) in [5.74, 6) is 0.660. The average molecular weight is 580 g/mol. The summed E-state index contributed by atoms with van der Waals surface area (Å²) in [6.07, 6.45) is 16.0. The van der Waals surface area contributed by atoms with Gasteiger partial charge in [-0.1, -0.05) is 35.3 Å². The Morgan fingerprint density at radius 1 is 1.13 bits per heavy atom. The van der Waals surface area contributed by atoms with Crippen molar-refractivity contribution in [3.63, 3.8) is 0 Å². The fourth-order valence-electron chi connectivity index (χ4n) is 5.42. The number of benzene rings is 2. The normalized spacial score (nSPS) is 22.0. The molecule has 0 saturated carbocycles. The smallest absolute Gasteiger partial charge is 0.262 e. The van der Waals surface area contributed by atoms with Crippen molar-refractivity contribution in [3.05, 3.63) is 81.4 Å². The highest BCUT2D eigenvalue weighted by molar-refractivity contribution is 8.03. The molecule has 0 radical (unpaired) electrons. The molecular formula is C30H31N2O2S4+. The number of hydrogen-bond donors (Lipinski definition) is 0. The monoisotopic (exact) mass is 579 g/mol. The van der Waals surface area contributed by atoms with Crippen molar-refractivity contribution in [2.24, 2.45) is 13.0 Å². The number of hydrogen-bond acceptors (Lipinski definition) is 6. The highest BCUT2D eigenvalue weighted by atomic mass is 32.2. The van der Waals surface area contributed by atoms with Gasteiger partial charge in [0, 0.05) is 63.0 Å². The lowest BCUT2D eigenvalue weighted by molar-refractivity contribution is -0.642. The Morgan fingerprint density at radius 3 is 2.79 bits per heavy atom. The van der Waals surface area contributed by atoms with Gasteiger partial charge in [0.2, 0.25) is 5.52 Å². The van der Waals surface area contributed by atoms with Gasteiger partial charge in [0.05, 0.1) is 17.8 Å². The number of anilines is 1. The van der Waals surface area contributed by atoms with Crippen LogP contribution in [-0.4, -0.2) is 24.6 Å². The number of aryl methyl sites for hydroxylation is 1. The summed E-state index contributed by atoms with van der Waals surface area (Å²) in [4.78, 5) is 5.47. The van der Waals surface area contributed by atoms with Gasteiger partial charge in [0.25, 0.3) is 5.01 Å². The molecular weight excluding hydrogens is 549 g/mol. The second-order valence-electron chi connectivity index (χ2n) is 9.96. The lowest BCUT2D eigenvalue weighted by Gasteiger charge is -2.28. The summed E-state index contributed by atoms with van der Waals surface area (Å²) in [6.45, 7) is 0. The molecule has 3 aliphatic rings. The fourth-order valence-corrected chi connectivity index (χ4v) is 8.65. The summed E-state index contributed by atoms with van der Waals surface area (Å²) in [7, 11) is 5.01. The molecule has 2 aromatic carbocycles. The van der Waals surface area contributed by atoms with E-state index >= 15 is 0 Å². The van der Waals surface area contributed by atoms with Crippen molar-refractivity contribution in [1.82, 2.24) is 0 Å². The zero-order valence-corrected chi connectivity index (χ0v) is 25.3. The van der Waals surface area contributed by atoms with E-state index in [9.17, 15) is 4.21 Å². The van der Waals surface area contributed by atoms with E-state index in [4.69, 9.17) is 4.18 Å². The van der Waals surface area contributed by atoms with Gasteiger partial charge >= 0.3 is 0 Å². The molecule has 196 valence electrons. The van der Waals surface area contributed by atoms with Crippen LogP contribution >= 0.6 is 35.1 Å². The molecule has 2 aliphatic carbocycles. The number of rotatable bonds is 5. The van der Waals surface area contributed by atoms with E-state index in [1.54, 1.807) is 25.1 Å².